The van der Waals surface area contributed by atoms with Gasteiger partial charge in [-0.05, 0) is 52.7 Å². The third kappa shape index (κ3) is 3.08. The van der Waals surface area contributed by atoms with Crippen molar-refractivity contribution in [2.75, 3.05) is 17.6 Å². The number of benzene rings is 1. The van der Waals surface area contributed by atoms with Gasteiger partial charge in [-0.3, -0.25) is 4.72 Å². The molecule has 3 N–H and O–H groups in total. The highest BCUT2D eigenvalue weighted by Gasteiger charge is 2.18. The van der Waals surface area contributed by atoms with E-state index in [9.17, 15) is 8.42 Å². The Bertz CT molecular complexity index is 722. The number of aryl methyl sites for hydroxylation is 1. The van der Waals surface area contributed by atoms with Gasteiger partial charge in [-0.25, -0.2) is 8.42 Å². The van der Waals surface area contributed by atoms with Crippen molar-refractivity contribution in [1.29, 1.82) is 0 Å². The van der Waals surface area contributed by atoms with Crippen LogP contribution in [-0.4, -0.2) is 15.5 Å². The van der Waals surface area contributed by atoms with Crippen LogP contribution in [0.5, 0.6) is 5.75 Å². The van der Waals surface area contributed by atoms with Gasteiger partial charge in [0.15, 0.2) is 0 Å². The Morgan fingerprint density at radius 1 is 1.35 bits per heavy atom. The van der Waals surface area contributed by atoms with E-state index < -0.39 is 10.0 Å². The Labute approximate surface area is 129 Å². The Morgan fingerprint density at radius 2 is 2.05 bits per heavy atom. The first kappa shape index (κ1) is 15.1. The summed E-state index contributed by atoms with van der Waals surface area (Å²) in [5, 5.41) is 0. The zero-order valence-electron chi connectivity index (χ0n) is 10.8. The fourth-order valence-electron chi connectivity index (χ4n) is 1.57. The molecule has 0 saturated carbocycles. The summed E-state index contributed by atoms with van der Waals surface area (Å²) in [7, 11) is -2.11. The van der Waals surface area contributed by atoms with E-state index in [-0.39, 0.29) is 4.21 Å². The lowest BCUT2D eigenvalue weighted by molar-refractivity contribution is 0.417. The van der Waals surface area contributed by atoms with Gasteiger partial charge in [0.25, 0.3) is 10.0 Å². The number of hydrogen-bond acceptors (Lipinski definition) is 5. The third-order valence-electron chi connectivity index (χ3n) is 2.58. The summed E-state index contributed by atoms with van der Waals surface area (Å²) in [6, 6.07) is 6.35. The molecule has 20 heavy (non-hydrogen) atoms. The minimum absolute atomic E-state index is 0.247. The van der Waals surface area contributed by atoms with Crippen LogP contribution in [0.3, 0.4) is 0 Å². The highest BCUT2D eigenvalue weighted by Crippen LogP contribution is 2.32. The molecule has 0 aliphatic heterocycles. The van der Waals surface area contributed by atoms with E-state index in [2.05, 4.69) is 20.7 Å². The van der Waals surface area contributed by atoms with Gasteiger partial charge >= 0.3 is 0 Å². The van der Waals surface area contributed by atoms with Gasteiger partial charge < -0.3 is 10.5 Å². The molecule has 0 radical (unpaired) electrons. The van der Waals surface area contributed by atoms with Crippen molar-refractivity contribution in [3.63, 3.8) is 0 Å². The average Bonchev–Trinajstić information content (AvgIpc) is 2.70. The van der Waals surface area contributed by atoms with Gasteiger partial charge in [0.2, 0.25) is 0 Å². The number of anilines is 2. The van der Waals surface area contributed by atoms with Crippen LogP contribution >= 0.6 is 27.3 Å². The van der Waals surface area contributed by atoms with Crippen LogP contribution in [-0.2, 0) is 10.0 Å². The quantitative estimate of drug-likeness (QED) is 0.802. The molecular weight excluding hydrogens is 364 g/mol. The number of hydrogen-bond donors (Lipinski definition) is 2. The first-order valence-electron chi connectivity index (χ1n) is 5.56. The van der Waals surface area contributed by atoms with Crippen LogP contribution in [0.1, 0.15) is 5.56 Å². The summed E-state index contributed by atoms with van der Waals surface area (Å²) in [5.41, 5.74) is 7.40. The van der Waals surface area contributed by atoms with E-state index in [0.29, 0.717) is 17.1 Å². The fourth-order valence-corrected chi connectivity index (χ4v) is 4.84. The van der Waals surface area contributed by atoms with Crippen LogP contribution in [0, 0.1) is 6.92 Å². The van der Waals surface area contributed by atoms with E-state index in [1.807, 2.05) is 6.92 Å². The molecule has 0 atom stereocenters. The zero-order valence-corrected chi connectivity index (χ0v) is 14.0. The molecule has 2 aromatic rings. The Morgan fingerprint density at radius 3 is 2.55 bits per heavy atom. The second-order valence-corrected chi connectivity index (χ2v) is 8.36. The van der Waals surface area contributed by atoms with Crippen LogP contribution in [0.25, 0.3) is 0 Å². The zero-order chi connectivity index (χ0) is 14.9. The Kier molecular flexibility index (Phi) is 4.26. The summed E-state index contributed by atoms with van der Waals surface area (Å²) >= 11 is 4.48. The number of nitrogens with two attached hydrogens (primary N) is 1. The maximum atomic E-state index is 12.2. The lowest BCUT2D eigenvalue weighted by Crippen LogP contribution is -2.11. The smallest absolute Gasteiger partial charge is 0.271 e. The van der Waals surface area contributed by atoms with Crippen LogP contribution in [0.4, 0.5) is 11.4 Å². The minimum Gasteiger partial charge on any atom is -0.495 e. The summed E-state index contributed by atoms with van der Waals surface area (Å²) in [5.74, 6) is 0.502. The van der Waals surface area contributed by atoms with Gasteiger partial charge in [-0.15, -0.1) is 11.3 Å². The number of thiophene rings is 1. The van der Waals surface area contributed by atoms with Crippen molar-refractivity contribution in [2.24, 2.45) is 0 Å². The normalized spacial score (nSPS) is 11.3. The third-order valence-corrected chi connectivity index (χ3v) is 6.57. The second-order valence-electron chi connectivity index (χ2n) is 4.08. The molecule has 0 bridgehead atoms. The standard InChI is InChI=1S/C12H13BrN2O3S2/c1-7-5-11(19-12(7)13)20(16,17)15-8-3-4-10(18-2)9(14)6-8/h3-6,15H,14H2,1-2H3. The predicted molar refractivity (Wildman–Crippen MR) is 85.0 cm³/mol. The minimum atomic E-state index is -3.61. The molecule has 0 saturated heterocycles. The SMILES string of the molecule is COc1ccc(NS(=O)(=O)c2cc(C)c(Br)s2)cc1N. The monoisotopic (exact) mass is 376 g/mol. The van der Waals surface area contributed by atoms with Gasteiger partial charge in [-0.2, -0.15) is 0 Å². The molecular formula is C12H13BrN2O3S2. The van der Waals surface area contributed by atoms with E-state index in [1.165, 1.54) is 13.2 Å². The van der Waals surface area contributed by atoms with Crippen molar-refractivity contribution in [3.8, 4) is 5.75 Å². The van der Waals surface area contributed by atoms with Gasteiger partial charge in [0.1, 0.15) is 9.96 Å². The highest BCUT2D eigenvalue weighted by molar-refractivity contribution is 9.11. The number of halogens is 1. The number of sulfonamides is 1. The second kappa shape index (κ2) is 5.63. The van der Waals surface area contributed by atoms with Crippen molar-refractivity contribution in [1.82, 2.24) is 0 Å². The van der Waals surface area contributed by atoms with E-state index in [4.69, 9.17) is 10.5 Å². The van der Waals surface area contributed by atoms with E-state index in [0.717, 1.165) is 20.7 Å². The first-order valence-corrected chi connectivity index (χ1v) is 8.65. The van der Waals surface area contributed by atoms with E-state index in [1.54, 1.807) is 18.2 Å². The van der Waals surface area contributed by atoms with Crippen LogP contribution in [0.2, 0.25) is 0 Å². The lowest BCUT2D eigenvalue weighted by atomic mass is 10.2. The van der Waals surface area contributed by atoms with Crippen molar-refractivity contribution >= 4 is 48.7 Å². The fraction of sp³-hybridized carbons (Fsp3) is 0.167. The highest BCUT2D eigenvalue weighted by atomic mass is 79.9. The van der Waals surface area contributed by atoms with Gasteiger partial charge in [-0.1, -0.05) is 0 Å². The molecule has 0 aliphatic rings. The van der Waals surface area contributed by atoms with Crippen molar-refractivity contribution < 1.29 is 13.2 Å². The first-order chi connectivity index (χ1) is 9.33. The number of ether oxygens (including phenoxy) is 1. The van der Waals surface area contributed by atoms with Gasteiger partial charge in [0, 0.05) is 0 Å². The maximum Gasteiger partial charge on any atom is 0.271 e. The summed E-state index contributed by atoms with van der Waals surface area (Å²) in [4.78, 5) is 0. The van der Waals surface area contributed by atoms with Crippen molar-refractivity contribution in [2.45, 2.75) is 11.1 Å². The molecule has 0 spiro atoms. The summed E-state index contributed by atoms with van der Waals surface area (Å²) in [6.07, 6.45) is 0. The molecule has 8 heteroatoms. The molecule has 0 unspecified atom stereocenters. The molecule has 0 amide bonds. The number of nitrogens with one attached hydrogen (secondary N) is 1. The molecule has 1 aromatic heterocycles. The number of methoxy groups -OCH3 is 1. The Hall–Kier alpha value is -1.25. The molecule has 2 rings (SSSR count). The molecule has 108 valence electrons. The number of nitrogen functional groups attached to an aromatic ring is 1. The summed E-state index contributed by atoms with van der Waals surface area (Å²) < 4.78 is 33.0. The number of rotatable bonds is 4. The summed E-state index contributed by atoms with van der Waals surface area (Å²) in [6.45, 7) is 1.84. The maximum absolute atomic E-state index is 12.2. The van der Waals surface area contributed by atoms with Crippen LogP contribution < -0.4 is 15.2 Å². The molecule has 0 aliphatic carbocycles. The van der Waals surface area contributed by atoms with Gasteiger partial charge in [0.05, 0.1) is 22.3 Å². The lowest BCUT2D eigenvalue weighted by Gasteiger charge is -2.09. The topological polar surface area (TPSA) is 81.4 Å². The van der Waals surface area contributed by atoms with Crippen molar-refractivity contribution in [3.05, 3.63) is 33.6 Å². The predicted octanol–water partition coefficient (Wildman–Crippen LogP) is 3.21. The molecule has 1 aromatic carbocycles. The van der Waals surface area contributed by atoms with Crippen LogP contribution in [0.15, 0.2) is 32.3 Å². The molecule has 1 heterocycles. The largest absolute Gasteiger partial charge is 0.495 e. The average molecular weight is 377 g/mol. The Balaban J connectivity index is 2.31. The molecule has 5 nitrogen and oxygen atoms in total. The van der Waals surface area contributed by atoms with E-state index >= 15 is 0 Å². The molecule has 0 fully saturated rings.